The Morgan fingerprint density at radius 3 is 2.21 bits per heavy atom. The molecule has 0 bridgehead atoms. The van der Waals surface area contributed by atoms with Gasteiger partial charge in [-0.1, -0.05) is 25.7 Å². The van der Waals surface area contributed by atoms with E-state index in [0.717, 1.165) is 5.57 Å². The van der Waals surface area contributed by atoms with Gasteiger partial charge in [0.25, 0.3) is 0 Å². The van der Waals surface area contributed by atoms with Crippen LogP contribution in [0.2, 0.25) is 0 Å². The van der Waals surface area contributed by atoms with Gasteiger partial charge in [0.05, 0.1) is 5.60 Å². The first kappa shape index (κ1) is 13.2. The molecular weight excluding hydrogens is 176 g/mol. The molecule has 0 aliphatic carbocycles. The lowest BCUT2D eigenvalue weighted by Gasteiger charge is -2.11. The van der Waals surface area contributed by atoms with Gasteiger partial charge in [0.15, 0.2) is 0 Å². The van der Waals surface area contributed by atoms with Crippen LogP contribution < -0.4 is 0 Å². The molecule has 2 heteroatoms. The van der Waals surface area contributed by atoms with E-state index in [-0.39, 0.29) is 5.92 Å². The van der Waals surface area contributed by atoms with Crippen molar-refractivity contribution in [2.45, 2.75) is 46.3 Å². The Balaban J connectivity index is 4.45. The van der Waals surface area contributed by atoms with Gasteiger partial charge in [-0.15, -0.1) is 0 Å². The minimum absolute atomic E-state index is 0.137. The van der Waals surface area contributed by atoms with Crippen molar-refractivity contribution in [3.63, 3.8) is 0 Å². The summed E-state index contributed by atoms with van der Waals surface area (Å²) in [7, 11) is 0. The fourth-order valence-electron chi connectivity index (χ4n) is 0.920. The SMILES string of the molecule is CC(C#CC(O)C(C)C)=CC(C)(C)O. The van der Waals surface area contributed by atoms with E-state index in [1.807, 2.05) is 20.8 Å². The van der Waals surface area contributed by atoms with Gasteiger partial charge in [0.1, 0.15) is 6.10 Å². The highest BCUT2D eigenvalue weighted by Gasteiger charge is 2.07. The molecule has 0 aromatic carbocycles. The monoisotopic (exact) mass is 196 g/mol. The normalized spacial score (nSPS) is 15.0. The Labute approximate surface area is 86.7 Å². The molecule has 0 aliphatic rings. The molecular formula is C12H20O2. The zero-order valence-corrected chi connectivity index (χ0v) is 9.63. The average Bonchev–Trinajstić information content (AvgIpc) is 1.96. The second-order valence-electron chi connectivity index (χ2n) is 4.44. The zero-order valence-electron chi connectivity index (χ0n) is 9.63. The Morgan fingerprint density at radius 2 is 1.86 bits per heavy atom. The molecule has 0 saturated heterocycles. The standard InChI is InChI=1S/C12H20O2/c1-9(2)11(13)7-6-10(3)8-12(4,5)14/h8-9,11,13-14H,1-5H3. The number of aliphatic hydroxyl groups is 2. The molecule has 0 aliphatic heterocycles. The minimum atomic E-state index is -0.846. The van der Waals surface area contributed by atoms with Gasteiger partial charge in [0, 0.05) is 0 Å². The smallest absolute Gasteiger partial charge is 0.117 e. The summed E-state index contributed by atoms with van der Waals surface area (Å²) >= 11 is 0. The van der Waals surface area contributed by atoms with Crippen LogP contribution in [0.4, 0.5) is 0 Å². The molecule has 0 radical (unpaired) electrons. The molecule has 0 heterocycles. The highest BCUT2D eigenvalue weighted by molar-refractivity contribution is 5.29. The number of rotatable bonds is 2. The summed E-state index contributed by atoms with van der Waals surface area (Å²) in [6.07, 6.45) is 1.08. The van der Waals surface area contributed by atoms with Crippen LogP contribution in [0.5, 0.6) is 0 Å². The van der Waals surface area contributed by atoms with E-state index in [1.165, 1.54) is 0 Å². The second-order valence-corrected chi connectivity index (χ2v) is 4.44. The number of hydrogen-bond donors (Lipinski definition) is 2. The van der Waals surface area contributed by atoms with Gasteiger partial charge < -0.3 is 10.2 Å². The van der Waals surface area contributed by atoms with E-state index >= 15 is 0 Å². The van der Waals surface area contributed by atoms with E-state index in [1.54, 1.807) is 19.9 Å². The zero-order chi connectivity index (χ0) is 11.4. The summed E-state index contributed by atoms with van der Waals surface area (Å²) in [6.45, 7) is 9.02. The fraction of sp³-hybridized carbons (Fsp3) is 0.667. The number of hydrogen-bond acceptors (Lipinski definition) is 2. The summed E-state index contributed by atoms with van der Waals surface area (Å²) in [5, 5.41) is 18.9. The maximum absolute atomic E-state index is 9.46. The van der Waals surface area contributed by atoms with Crippen molar-refractivity contribution in [3.05, 3.63) is 11.6 Å². The van der Waals surface area contributed by atoms with Crippen molar-refractivity contribution in [3.8, 4) is 11.8 Å². The minimum Gasteiger partial charge on any atom is -0.386 e. The third kappa shape index (κ3) is 6.71. The molecule has 2 nitrogen and oxygen atoms in total. The van der Waals surface area contributed by atoms with Crippen molar-refractivity contribution < 1.29 is 10.2 Å². The highest BCUT2D eigenvalue weighted by atomic mass is 16.3. The highest BCUT2D eigenvalue weighted by Crippen LogP contribution is 2.07. The van der Waals surface area contributed by atoms with E-state index in [0.29, 0.717) is 0 Å². The van der Waals surface area contributed by atoms with Crippen LogP contribution >= 0.6 is 0 Å². The first-order valence-electron chi connectivity index (χ1n) is 4.84. The fourth-order valence-corrected chi connectivity index (χ4v) is 0.920. The lowest BCUT2D eigenvalue weighted by Crippen LogP contribution is -2.15. The summed E-state index contributed by atoms with van der Waals surface area (Å²) in [5.74, 6) is 5.69. The van der Waals surface area contributed by atoms with Crippen molar-refractivity contribution in [2.75, 3.05) is 0 Å². The predicted molar refractivity (Wildman–Crippen MR) is 58.7 cm³/mol. The van der Waals surface area contributed by atoms with Crippen LogP contribution in [-0.4, -0.2) is 21.9 Å². The van der Waals surface area contributed by atoms with E-state index < -0.39 is 11.7 Å². The van der Waals surface area contributed by atoms with Crippen molar-refractivity contribution in [2.24, 2.45) is 5.92 Å². The quantitative estimate of drug-likeness (QED) is 0.660. The first-order chi connectivity index (χ1) is 6.22. The Bertz CT molecular complexity index is 258. The summed E-state index contributed by atoms with van der Waals surface area (Å²) < 4.78 is 0. The Hall–Kier alpha value is -0.780. The van der Waals surface area contributed by atoms with Crippen LogP contribution in [0.1, 0.15) is 34.6 Å². The second kappa shape index (κ2) is 5.19. The van der Waals surface area contributed by atoms with Gasteiger partial charge in [-0.25, -0.2) is 0 Å². The van der Waals surface area contributed by atoms with Crippen LogP contribution in [0.3, 0.4) is 0 Å². The third-order valence-corrected chi connectivity index (χ3v) is 1.62. The van der Waals surface area contributed by atoms with E-state index in [2.05, 4.69) is 11.8 Å². The average molecular weight is 196 g/mol. The topological polar surface area (TPSA) is 40.5 Å². The molecule has 0 amide bonds. The van der Waals surface area contributed by atoms with E-state index in [9.17, 15) is 10.2 Å². The van der Waals surface area contributed by atoms with E-state index in [4.69, 9.17) is 0 Å². The molecule has 80 valence electrons. The Morgan fingerprint density at radius 1 is 1.36 bits per heavy atom. The predicted octanol–water partition coefficient (Wildman–Crippen LogP) is 1.72. The number of allylic oxidation sites excluding steroid dienone is 1. The molecule has 1 atom stereocenters. The Kier molecular flexibility index (Phi) is 4.90. The number of aliphatic hydroxyl groups excluding tert-OH is 1. The molecule has 0 saturated carbocycles. The summed E-state index contributed by atoms with van der Waals surface area (Å²) in [4.78, 5) is 0. The molecule has 0 rings (SSSR count). The van der Waals surface area contributed by atoms with Gasteiger partial charge in [0.2, 0.25) is 0 Å². The molecule has 0 fully saturated rings. The summed E-state index contributed by atoms with van der Waals surface area (Å²) in [5.41, 5.74) is -0.0705. The maximum Gasteiger partial charge on any atom is 0.117 e. The molecule has 0 aromatic heterocycles. The molecule has 0 aromatic rings. The van der Waals surface area contributed by atoms with Crippen molar-refractivity contribution in [1.82, 2.24) is 0 Å². The first-order valence-corrected chi connectivity index (χ1v) is 4.84. The molecule has 0 spiro atoms. The molecule has 14 heavy (non-hydrogen) atoms. The van der Waals surface area contributed by atoms with Gasteiger partial charge in [-0.2, -0.15) is 0 Å². The lowest BCUT2D eigenvalue weighted by atomic mass is 10.0. The summed E-state index contributed by atoms with van der Waals surface area (Å²) in [6, 6.07) is 0. The van der Waals surface area contributed by atoms with Crippen LogP contribution in [-0.2, 0) is 0 Å². The van der Waals surface area contributed by atoms with Gasteiger partial charge >= 0.3 is 0 Å². The van der Waals surface area contributed by atoms with Crippen molar-refractivity contribution >= 4 is 0 Å². The third-order valence-electron chi connectivity index (χ3n) is 1.62. The largest absolute Gasteiger partial charge is 0.386 e. The van der Waals surface area contributed by atoms with Crippen LogP contribution in [0.25, 0.3) is 0 Å². The van der Waals surface area contributed by atoms with Crippen LogP contribution in [0.15, 0.2) is 11.6 Å². The van der Waals surface area contributed by atoms with Crippen molar-refractivity contribution in [1.29, 1.82) is 0 Å². The molecule has 2 N–H and O–H groups in total. The van der Waals surface area contributed by atoms with Crippen LogP contribution in [0, 0.1) is 17.8 Å². The van der Waals surface area contributed by atoms with Gasteiger partial charge in [-0.05, 0) is 38.3 Å². The lowest BCUT2D eigenvalue weighted by molar-refractivity contribution is 0.132. The molecule has 1 unspecified atom stereocenters. The maximum atomic E-state index is 9.46. The van der Waals surface area contributed by atoms with Gasteiger partial charge in [-0.3, -0.25) is 0 Å².